The first kappa shape index (κ1) is 21.1. The molecule has 10 heteroatoms. The molecule has 1 aliphatic rings. The number of carbonyl (C=O) groups excluding carboxylic acids is 1. The van der Waals surface area contributed by atoms with Crippen LogP contribution in [-0.2, 0) is 11.8 Å². The van der Waals surface area contributed by atoms with Crippen LogP contribution in [0.4, 0.5) is 8.78 Å². The lowest BCUT2D eigenvalue weighted by molar-refractivity contribution is -0.0501. The van der Waals surface area contributed by atoms with E-state index >= 15 is 0 Å². The minimum absolute atomic E-state index is 0.0432. The number of amides is 1. The Morgan fingerprint density at radius 3 is 2.97 bits per heavy atom. The van der Waals surface area contributed by atoms with Gasteiger partial charge in [0.25, 0.3) is 5.91 Å². The van der Waals surface area contributed by atoms with Crippen molar-refractivity contribution in [3.63, 3.8) is 0 Å². The molecule has 8 nitrogen and oxygen atoms in total. The zero-order valence-corrected chi connectivity index (χ0v) is 17.7. The summed E-state index contributed by atoms with van der Waals surface area (Å²) in [5.74, 6) is -0.131. The molecule has 1 amide bonds. The summed E-state index contributed by atoms with van der Waals surface area (Å²) in [6.07, 6.45) is 5.21. The Labute approximate surface area is 187 Å². The summed E-state index contributed by atoms with van der Waals surface area (Å²) in [6.45, 7) is -1.89. The van der Waals surface area contributed by atoms with Crippen molar-refractivity contribution in [2.45, 2.75) is 12.7 Å². The predicted octanol–water partition coefficient (Wildman–Crippen LogP) is 3.78. The second-order valence-electron chi connectivity index (χ2n) is 7.75. The van der Waals surface area contributed by atoms with Crippen molar-refractivity contribution < 1.29 is 23.0 Å². The van der Waals surface area contributed by atoms with E-state index in [2.05, 4.69) is 14.9 Å². The minimum Gasteiger partial charge on any atom is -0.435 e. The number of aryl methyl sites for hydroxylation is 1. The van der Waals surface area contributed by atoms with Crippen molar-refractivity contribution >= 4 is 16.9 Å². The molecule has 0 spiro atoms. The molecule has 1 atom stereocenters. The number of aromatic nitrogens is 4. The van der Waals surface area contributed by atoms with Gasteiger partial charge in [0.05, 0.1) is 36.7 Å². The lowest BCUT2D eigenvalue weighted by Crippen LogP contribution is -2.43. The van der Waals surface area contributed by atoms with Gasteiger partial charge in [0.2, 0.25) is 0 Å². The SMILES string of the molecule is Cn1cc(C(=O)N2CCOCC2c2cccc(OC(F)F)c2)c2ccc(-c3cn[nH]c3)nc21. The van der Waals surface area contributed by atoms with Crippen molar-refractivity contribution in [3.05, 3.63) is 66.1 Å². The van der Waals surface area contributed by atoms with Gasteiger partial charge in [-0.15, -0.1) is 0 Å². The third-order valence-electron chi connectivity index (χ3n) is 5.70. The van der Waals surface area contributed by atoms with Crippen LogP contribution in [0.5, 0.6) is 5.75 Å². The number of halogens is 2. The van der Waals surface area contributed by atoms with Gasteiger partial charge in [0, 0.05) is 36.9 Å². The molecule has 0 radical (unpaired) electrons. The average Bonchev–Trinajstić information content (AvgIpc) is 3.47. The number of alkyl halides is 2. The highest BCUT2D eigenvalue weighted by molar-refractivity contribution is 6.06. The molecule has 170 valence electrons. The summed E-state index contributed by atoms with van der Waals surface area (Å²) in [7, 11) is 1.84. The van der Waals surface area contributed by atoms with Crippen LogP contribution >= 0.6 is 0 Å². The lowest BCUT2D eigenvalue weighted by atomic mass is 10.0. The normalized spacial score (nSPS) is 16.5. The first-order valence-electron chi connectivity index (χ1n) is 10.4. The molecule has 33 heavy (non-hydrogen) atoms. The molecule has 1 fully saturated rings. The highest BCUT2D eigenvalue weighted by Crippen LogP contribution is 2.31. The van der Waals surface area contributed by atoms with E-state index in [1.54, 1.807) is 35.6 Å². The van der Waals surface area contributed by atoms with Gasteiger partial charge in [0.15, 0.2) is 0 Å². The van der Waals surface area contributed by atoms with Gasteiger partial charge in [-0.25, -0.2) is 4.98 Å². The van der Waals surface area contributed by atoms with Crippen LogP contribution in [0.2, 0.25) is 0 Å². The van der Waals surface area contributed by atoms with Gasteiger partial charge in [-0.1, -0.05) is 12.1 Å². The van der Waals surface area contributed by atoms with Gasteiger partial charge < -0.3 is 18.9 Å². The highest BCUT2D eigenvalue weighted by atomic mass is 19.3. The number of benzene rings is 1. The fraction of sp³-hybridized carbons (Fsp3) is 0.261. The summed E-state index contributed by atoms with van der Waals surface area (Å²) < 4.78 is 37.3. The maximum Gasteiger partial charge on any atom is 0.387 e. The lowest BCUT2D eigenvalue weighted by Gasteiger charge is -2.36. The number of aromatic amines is 1. The summed E-state index contributed by atoms with van der Waals surface area (Å²) >= 11 is 0. The molecule has 5 rings (SSSR count). The van der Waals surface area contributed by atoms with Crippen LogP contribution in [0.3, 0.4) is 0 Å². The molecular formula is C23H21F2N5O3. The number of rotatable bonds is 5. The number of hydrogen-bond acceptors (Lipinski definition) is 5. The van der Waals surface area contributed by atoms with Gasteiger partial charge in [-0.05, 0) is 29.8 Å². The van der Waals surface area contributed by atoms with Crippen LogP contribution in [0.15, 0.2) is 55.0 Å². The van der Waals surface area contributed by atoms with Crippen LogP contribution < -0.4 is 4.74 Å². The third kappa shape index (κ3) is 4.05. The Morgan fingerprint density at radius 2 is 2.18 bits per heavy atom. The molecule has 4 heterocycles. The average molecular weight is 453 g/mol. The van der Waals surface area contributed by atoms with Gasteiger partial charge in [-0.3, -0.25) is 9.89 Å². The quantitative estimate of drug-likeness (QED) is 0.497. The molecule has 1 saturated heterocycles. The Morgan fingerprint density at radius 1 is 1.30 bits per heavy atom. The number of ether oxygens (including phenoxy) is 2. The second kappa shape index (κ2) is 8.62. The monoisotopic (exact) mass is 453 g/mol. The zero-order chi connectivity index (χ0) is 22.9. The maximum absolute atomic E-state index is 13.7. The smallest absolute Gasteiger partial charge is 0.387 e. The van der Waals surface area contributed by atoms with Crippen molar-refractivity contribution in [1.29, 1.82) is 0 Å². The molecular weight excluding hydrogens is 432 g/mol. The number of nitrogens with one attached hydrogen (secondary N) is 1. The first-order valence-corrected chi connectivity index (χ1v) is 10.4. The first-order chi connectivity index (χ1) is 16.0. The summed E-state index contributed by atoms with van der Waals surface area (Å²) in [5, 5.41) is 7.46. The molecule has 0 saturated carbocycles. The fourth-order valence-corrected chi connectivity index (χ4v) is 4.15. The number of fused-ring (bicyclic) bond motifs is 1. The molecule has 1 aliphatic heterocycles. The van der Waals surface area contributed by atoms with E-state index in [1.165, 1.54) is 12.1 Å². The second-order valence-corrected chi connectivity index (χ2v) is 7.75. The number of H-pyrrole nitrogens is 1. The Bertz CT molecular complexity index is 1290. The Balaban J connectivity index is 1.49. The Kier molecular flexibility index (Phi) is 5.51. The van der Waals surface area contributed by atoms with Crippen molar-refractivity contribution in [3.8, 4) is 17.0 Å². The van der Waals surface area contributed by atoms with E-state index in [9.17, 15) is 13.6 Å². The molecule has 1 unspecified atom stereocenters. The van der Waals surface area contributed by atoms with Gasteiger partial charge in [-0.2, -0.15) is 13.9 Å². The number of pyridine rings is 1. The van der Waals surface area contributed by atoms with Crippen molar-refractivity contribution in [2.24, 2.45) is 7.05 Å². The maximum atomic E-state index is 13.7. The fourth-order valence-electron chi connectivity index (χ4n) is 4.15. The van der Waals surface area contributed by atoms with Crippen LogP contribution in [0.1, 0.15) is 22.0 Å². The van der Waals surface area contributed by atoms with E-state index in [4.69, 9.17) is 9.72 Å². The third-order valence-corrected chi connectivity index (χ3v) is 5.70. The standard InChI is InChI=1S/C23H21F2N5O3/c1-29-12-18(17-5-6-19(28-21(17)29)15-10-26-27-11-15)22(31)30-7-8-32-13-20(30)14-3-2-4-16(9-14)33-23(24)25/h2-6,9-12,20,23H,7-8,13H2,1H3,(H,26,27). The molecule has 1 N–H and O–H groups in total. The number of morpholine rings is 1. The number of carbonyl (C=O) groups is 1. The highest BCUT2D eigenvalue weighted by Gasteiger charge is 2.31. The van der Waals surface area contributed by atoms with Crippen LogP contribution in [0, 0.1) is 0 Å². The minimum atomic E-state index is -2.92. The van der Waals surface area contributed by atoms with Crippen LogP contribution in [0.25, 0.3) is 22.3 Å². The molecule has 3 aromatic heterocycles. The molecule has 0 bridgehead atoms. The van der Waals surface area contributed by atoms with E-state index in [0.717, 1.165) is 16.6 Å². The van der Waals surface area contributed by atoms with Crippen LogP contribution in [-0.4, -0.2) is 56.9 Å². The topological polar surface area (TPSA) is 85.3 Å². The summed E-state index contributed by atoms with van der Waals surface area (Å²) in [6, 6.07) is 9.69. The Hall–Kier alpha value is -3.79. The molecule has 4 aromatic rings. The van der Waals surface area contributed by atoms with Gasteiger partial charge >= 0.3 is 6.61 Å². The summed E-state index contributed by atoms with van der Waals surface area (Å²) in [4.78, 5) is 20.1. The van der Waals surface area contributed by atoms with E-state index in [1.807, 2.05) is 23.7 Å². The predicted molar refractivity (Wildman–Crippen MR) is 116 cm³/mol. The van der Waals surface area contributed by atoms with Gasteiger partial charge in [0.1, 0.15) is 11.4 Å². The zero-order valence-electron chi connectivity index (χ0n) is 17.7. The van der Waals surface area contributed by atoms with E-state index < -0.39 is 12.7 Å². The van der Waals surface area contributed by atoms with Crippen molar-refractivity contribution in [1.82, 2.24) is 24.6 Å². The summed E-state index contributed by atoms with van der Waals surface area (Å²) in [5.41, 5.74) is 3.46. The number of nitrogens with zero attached hydrogens (tertiary/aromatic N) is 4. The largest absolute Gasteiger partial charge is 0.435 e. The number of hydrogen-bond donors (Lipinski definition) is 1. The molecule has 1 aromatic carbocycles. The van der Waals surface area contributed by atoms with E-state index in [0.29, 0.717) is 29.9 Å². The van der Waals surface area contributed by atoms with E-state index in [-0.39, 0.29) is 18.3 Å². The van der Waals surface area contributed by atoms with Crippen molar-refractivity contribution in [2.75, 3.05) is 19.8 Å². The molecule has 0 aliphatic carbocycles.